The van der Waals surface area contributed by atoms with Gasteiger partial charge in [-0.1, -0.05) is 12.8 Å². The lowest BCUT2D eigenvalue weighted by atomic mass is 10.2. The monoisotopic (exact) mass is 279 g/mol. The average Bonchev–Trinajstić information content (AvgIpc) is 2.65. The molecule has 0 aromatic carbocycles. The van der Waals surface area contributed by atoms with Gasteiger partial charge in [0.15, 0.2) is 0 Å². The largest absolute Gasteiger partial charge is 0.444 e. The van der Waals surface area contributed by atoms with Crippen LogP contribution < -0.4 is 5.32 Å². The molecule has 2 heterocycles. The third kappa shape index (κ3) is 3.82. The van der Waals surface area contributed by atoms with E-state index in [0.29, 0.717) is 12.4 Å². The molecule has 1 atom stereocenters. The Morgan fingerprint density at radius 2 is 1.95 bits per heavy atom. The van der Waals surface area contributed by atoms with E-state index in [1.807, 2.05) is 25.7 Å². The van der Waals surface area contributed by atoms with Crippen LogP contribution in [-0.2, 0) is 11.3 Å². The normalized spacial score (nSPS) is 17.9. The second-order valence-electron chi connectivity index (χ2n) is 5.59. The Morgan fingerprint density at radius 1 is 1.30 bits per heavy atom. The van der Waals surface area contributed by atoms with Crippen molar-refractivity contribution in [2.45, 2.75) is 59.0 Å². The number of nitrogens with one attached hydrogen (secondary N) is 1. The first kappa shape index (κ1) is 15.0. The number of rotatable bonds is 4. The van der Waals surface area contributed by atoms with E-state index in [1.165, 1.54) is 12.8 Å². The molecule has 1 saturated heterocycles. The van der Waals surface area contributed by atoms with Crippen LogP contribution in [0.5, 0.6) is 0 Å². The molecular formula is C15H25N3O2. The summed E-state index contributed by atoms with van der Waals surface area (Å²) in [4.78, 5) is 18.7. The molecule has 0 aliphatic carbocycles. The highest BCUT2D eigenvalue weighted by molar-refractivity contribution is 5.81. The Hall–Kier alpha value is -1.36. The number of carbonyl (C=O) groups is 1. The maximum atomic E-state index is 12.4. The molecule has 1 aliphatic heterocycles. The first-order chi connectivity index (χ1) is 9.58. The van der Waals surface area contributed by atoms with Crippen LogP contribution >= 0.6 is 0 Å². The number of aromatic nitrogens is 1. The minimum absolute atomic E-state index is 0.187. The van der Waals surface area contributed by atoms with E-state index >= 15 is 0 Å². The van der Waals surface area contributed by atoms with E-state index in [-0.39, 0.29) is 11.9 Å². The van der Waals surface area contributed by atoms with Gasteiger partial charge in [-0.2, -0.15) is 0 Å². The Labute approximate surface area is 120 Å². The van der Waals surface area contributed by atoms with Gasteiger partial charge in [-0.15, -0.1) is 0 Å². The van der Waals surface area contributed by atoms with E-state index in [1.54, 1.807) is 0 Å². The highest BCUT2D eigenvalue weighted by Gasteiger charge is 2.21. The topological polar surface area (TPSA) is 58.4 Å². The molecule has 1 aromatic heterocycles. The molecule has 1 fully saturated rings. The summed E-state index contributed by atoms with van der Waals surface area (Å²) in [6.07, 6.45) is 4.72. The van der Waals surface area contributed by atoms with Crippen molar-refractivity contribution in [1.82, 2.24) is 15.2 Å². The molecule has 5 heteroatoms. The van der Waals surface area contributed by atoms with Gasteiger partial charge in [0.1, 0.15) is 5.76 Å². The lowest BCUT2D eigenvalue weighted by Crippen LogP contribution is -2.45. The van der Waals surface area contributed by atoms with Gasteiger partial charge in [-0.25, -0.2) is 4.98 Å². The number of aryl methyl sites for hydroxylation is 2. The fraction of sp³-hybridized carbons (Fsp3) is 0.733. The molecular weight excluding hydrogens is 254 g/mol. The first-order valence-corrected chi connectivity index (χ1v) is 7.53. The smallest absolute Gasteiger partial charge is 0.239 e. The summed E-state index contributed by atoms with van der Waals surface area (Å²) in [6, 6.07) is -0.194. The van der Waals surface area contributed by atoms with Crippen molar-refractivity contribution >= 4 is 5.91 Å². The van der Waals surface area contributed by atoms with Crippen molar-refractivity contribution in [2.24, 2.45) is 0 Å². The first-order valence-electron chi connectivity index (χ1n) is 7.53. The quantitative estimate of drug-likeness (QED) is 0.917. The molecule has 5 nitrogen and oxygen atoms in total. The minimum Gasteiger partial charge on any atom is -0.444 e. The van der Waals surface area contributed by atoms with Gasteiger partial charge in [-0.3, -0.25) is 10.1 Å². The summed E-state index contributed by atoms with van der Waals surface area (Å²) in [5.41, 5.74) is 0.910. The van der Waals surface area contributed by atoms with E-state index in [4.69, 9.17) is 4.42 Å². The van der Waals surface area contributed by atoms with Crippen LogP contribution in [0.25, 0.3) is 0 Å². The minimum atomic E-state index is -0.194. The van der Waals surface area contributed by atoms with Gasteiger partial charge in [0.2, 0.25) is 11.8 Å². The van der Waals surface area contributed by atoms with Crippen molar-refractivity contribution < 1.29 is 9.21 Å². The molecule has 20 heavy (non-hydrogen) atoms. The standard InChI is InChI=1S/C15H25N3O2/c1-11-13(3)20-14(17-11)10-16-12(2)15(19)18-8-6-4-5-7-9-18/h12,16H,4-10H2,1-3H3. The molecule has 0 saturated carbocycles. The van der Waals surface area contributed by atoms with Crippen LogP contribution in [0, 0.1) is 13.8 Å². The third-order valence-corrected chi connectivity index (χ3v) is 3.92. The number of likely N-dealkylation sites (tertiary alicyclic amines) is 1. The van der Waals surface area contributed by atoms with Crippen molar-refractivity contribution in [2.75, 3.05) is 13.1 Å². The summed E-state index contributed by atoms with van der Waals surface area (Å²) in [6.45, 7) is 8.02. The Balaban J connectivity index is 1.84. The van der Waals surface area contributed by atoms with Crippen molar-refractivity contribution in [3.63, 3.8) is 0 Å². The number of amides is 1. The maximum Gasteiger partial charge on any atom is 0.239 e. The highest BCUT2D eigenvalue weighted by atomic mass is 16.4. The third-order valence-electron chi connectivity index (χ3n) is 3.92. The number of carbonyl (C=O) groups excluding carboxylic acids is 1. The van der Waals surface area contributed by atoms with Gasteiger partial charge in [0, 0.05) is 13.1 Å². The van der Waals surface area contributed by atoms with Crippen LogP contribution in [0.2, 0.25) is 0 Å². The van der Waals surface area contributed by atoms with Gasteiger partial charge in [0.05, 0.1) is 18.3 Å². The Bertz CT molecular complexity index is 428. The molecule has 112 valence electrons. The van der Waals surface area contributed by atoms with E-state index < -0.39 is 0 Å². The van der Waals surface area contributed by atoms with E-state index in [9.17, 15) is 4.79 Å². The molecule has 1 amide bonds. The molecule has 2 rings (SSSR count). The van der Waals surface area contributed by atoms with Crippen LogP contribution in [0.3, 0.4) is 0 Å². The van der Waals surface area contributed by atoms with E-state index in [2.05, 4.69) is 10.3 Å². The predicted octanol–water partition coefficient (Wildman–Crippen LogP) is 2.17. The summed E-state index contributed by atoms with van der Waals surface area (Å²) < 4.78 is 5.51. The lowest BCUT2D eigenvalue weighted by Gasteiger charge is -2.24. The van der Waals surface area contributed by atoms with Crippen LogP contribution in [0.1, 0.15) is 50.0 Å². The van der Waals surface area contributed by atoms with Gasteiger partial charge < -0.3 is 9.32 Å². The summed E-state index contributed by atoms with van der Waals surface area (Å²) >= 11 is 0. The van der Waals surface area contributed by atoms with Crippen molar-refractivity contribution in [1.29, 1.82) is 0 Å². The van der Waals surface area contributed by atoms with E-state index in [0.717, 1.165) is 37.4 Å². The average molecular weight is 279 g/mol. The van der Waals surface area contributed by atoms with Crippen LogP contribution in [0.15, 0.2) is 4.42 Å². The van der Waals surface area contributed by atoms with Crippen molar-refractivity contribution in [3.8, 4) is 0 Å². The molecule has 0 spiro atoms. The number of oxazole rings is 1. The summed E-state index contributed by atoms with van der Waals surface area (Å²) in [5.74, 6) is 1.68. The molecule has 1 aromatic rings. The second-order valence-corrected chi connectivity index (χ2v) is 5.59. The molecule has 1 aliphatic rings. The lowest BCUT2D eigenvalue weighted by molar-refractivity contribution is -0.133. The second kappa shape index (κ2) is 6.88. The Morgan fingerprint density at radius 3 is 2.50 bits per heavy atom. The number of nitrogens with zero attached hydrogens (tertiary/aromatic N) is 2. The molecule has 1 unspecified atom stereocenters. The molecule has 0 bridgehead atoms. The van der Waals surface area contributed by atoms with Gasteiger partial charge >= 0.3 is 0 Å². The summed E-state index contributed by atoms with van der Waals surface area (Å²) in [7, 11) is 0. The number of hydrogen-bond donors (Lipinski definition) is 1. The van der Waals surface area contributed by atoms with Crippen LogP contribution in [-0.4, -0.2) is 34.9 Å². The molecule has 0 radical (unpaired) electrons. The van der Waals surface area contributed by atoms with Crippen molar-refractivity contribution in [3.05, 3.63) is 17.3 Å². The zero-order valence-corrected chi connectivity index (χ0v) is 12.7. The fourth-order valence-electron chi connectivity index (χ4n) is 2.51. The zero-order chi connectivity index (χ0) is 14.5. The zero-order valence-electron chi connectivity index (χ0n) is 12.7. The van der Waals surface area contributed by atoms with Gasteiger partial charge in [0.25, 0.3) is 0 Å². The summed E-state index contributed by atoms with van der Waals surface area (Å²) in [5, 5.41) is 3.21. The predicted molar refractivity (Wildman–Crippen MR) is 77.3 cm³/mol. The fourth-order valence-corrected chi connectivity index (χ4v) is 2.51. The van der Waals surface area contributed by atoms with Crippen LogP contribution in [0.4, 0.5) is 0 Å². The molecule has 1 N–H and O–H groups in total. The maximum absolute atomic E-state index is 12.4. The van der Waals surface area contributed by atoms with Gasteiger partial charge in [-0.05, 0) is 33.6 Å². The highest BCUT2D eigenvalue weighted by Crippen LogP contribution is 2.11. The SMILES string of the molecule is Cc1nc(CNC(C)C(=O)N2CCCCCC2)oc1C. The number of hydrogen-bond acceptors (Lipinski definition) is 4. The Kier molecular flexibility index (Phi) is 5.17.